The van der Waals surface area contributed by atoms with Crippen LogP contribution in [0, 0.1) is 12.8 Å². The van der Waals surface area contributed by atoms with E-state index in [1.165, 1.54) is 5.56 Å². The van der Waals surface area contributed by atoms with Gasteiger partial charge in [0.25, 0.3) is 0 Å². The summed E-state index contributed by atoms with van der Waals surface area (Å²) in [5.74, 6) is 1.26. The second kappa shape index (κ2) is 8.34. The summed E-state index contributed by atoms with van der Waals surface area (Å²) in [7, 11) is 0. The molecular weight excluding hydrogens is 378 g/mol. The molecule has 2 aliphatic heterocycles. The standard InChI is InChI=1S/C23H29N5O2/c1-16-10-20(26-25-16)12-18-13-27(15-22(18)29)14-19-11-17-4-2-3-5-21(17)24-23(19)28-6-8-30-9-7-28/h2-5,10-11,18,22,29H,6-9,12-15H2,1H3,(H,25,26)/t18-,22+/m1/s1. The second-order valence-electron chi connectivity index (χ2n) is 8.53. The molecule has 0 aliphatic carbocycles. The van der Waals surface area contributed by atoms with Crippen LogP contribution in [0.5, 0.6) is 0 Å². The molecule has 2 atom stereocenters. The molecule has 0 saturated carbocycles. The number of aliphatic hydroxyl groups excluding tert-OH is 1. The molecule has 0 spiro atoms. The second-order valence-corrected chi connectivity index (χ2v) is 8.53. The van der Waals surface area contributed by atoms with E-state index in [-0.39, 0.29) is 12.0 Å². The molecule has 2 aliphatic rings. The molecule has 5 rings (SSSR count). The Balaban J connectivity index is 1.37. The number of nitrogens with one attached hydrogen (secondary N) is 1. The zero-order valence-electron chi connectivity index (χ0n) is 17.4. The van der Waals surface area contributed by atoms with E-state index in [0.717, 1.165) is 73.9 Å². The van der Waals surface area contributed by atoms with E-state index in [4.69, 9.17) is 9.72 Å². The number of nitrogens with zero attached hydrogens (tertiary/aromatic N) is 4. The van der Waals surface area contributed by atoms with Crippen molar-refractivity contribution in [2.45, 2.75) is 26.0 Å². The van der Waals surface area contributed by atoms with E-state index in [9.17, 15) is 5.11 Å². The molecule has 2 fully saturated rings. The highest BCUT2D eigenvalue weighted by atomic mass is 16.5. The van der Waals surface area contributed by atoms with Gasteiger partial charge in [-0.25, -0.2) is 4.98 Å². The fraction of sp³-hybridized carbons (Fsp3) is 0.478. The van der Waals surface area contributed by atoms with Gasteiger partial charge in [-0.05, 0) is 31.5 Å². The predicted molar refractivity (Wildman–Crippen MR) is 117 cm³/mol. The monoisotopic (exact) mass is 407 g/mol. The fourth-order valence-electron chi connectivity index (χ4n) is 4.67. The van der Waals surface area contributed by atoms with Crippen molar-refractivity contribution in [3.05, 3.63) is 53.3 Å². The average Bonchev–Trinajstić information content (AvgIpc) is 3.33. The molecule has 0 bridgehead atoms. The summed E-state index contributed by atoms with van der Waals surface area (Å²) in [6, 6.07) is 12.6. The highest BCUT2D eigenvalue weighted by Gasteiger charge is 2.32. The summed E-state index contributed by atoms with van der Waals surface area (Å²) < 4.78 is 5.55. The summed E-state index contributed by atoms with van der Waals surface area (Å²) in [6.45, 7) is 7.55. The number of aryl methyl sites for hydroxylation is 1. The third kappa shape index (κ3) is 4.05. The number of benzene rings is 1. The van der Waals surface area contributed by atoms with Crippen molar-refractivity contribution in [2.75, 3.05) is 44.3 Å². The van der Waals surface area contributed by atoms with Crippen molar-refractivity contribution >= 4 is 16.7 Å². The third-order valence-electron chi connectivity index (χ3n) is 6.20. The van der Waals surface area contributed by atoms with Gasteiger partial charge in [0.1, 0.15) is 5.82 Å². The molecule has 0 unspecified atom stereocenters. The molecule has 2 aromatic heterocycles. The van der Waals surface area contributed by atoms with Crippen molar-refractivity contribution in [3.63, 3.8) is 0 Å². The molecule has 4 heterocycles. The molecule has 7 heteroatoms. The molecule has 2 saturated heterocycles. The van der Waals surface area contributed by atoms with Gasteiger partial charge in [-0.1, -0.05) is 18.2 Å². The van der Waals surface area contributed by atoms with E-state index < -0.39 is 0 Å². The van der Waals surface area contributed by atoms with Crippen molar-refractivity contribution in [2.24, 2.45) is 5.92 Å². The largest absolute Gasteiger partial charge is 0.391 e. The lowest BCUT2D eigenvalue weighted by molar-refractivity contribution is 0.122. The van der Waals surface area contributed by atoms with Crippen LogP contribution >= 0.6 is 0 Å². The molecule has 2 N–H and O–H groups in total. The highest BCUT2D eigenvalue weighted by Crippen LogP contribution is 2.29. The first-order chi connectivity index (χ1) is 14.7. The number of hydrogen-bond acceptors (Lipinski definition) is 6. The lowest BCUT2D eigenvalue weighted by Gasteiger charge is -2.30. The Morgan fingerprint density at radius 3 is 2.80 bits per heavy atom. The van der Waals surface area contributed by atoms with Crippen molar-refractivity contribution in [3.8, 4) is 0 Å². The van der Waals surface area contributed by atoms with Gasteiger partial charge >= 0.3 is 0 Å². The lowest BCUT2D eigenvalue weighted by Crippen LogP contribution is -2.38. The first kappa shape index (κ1) is 19.5. The minimum Gasteiger partial charge on any atom is -0.391 e. The quantitative estimate of drug-likeness (QED) is 0.675. The lowest BCUT2D eigenvalue weighted by atomic mass is 10.0. The molecule has 0 amide bonds. The molecule has 3 aromatic rings. The van der Waals surface area contributed by atoms with E-state index in [1.807, 2.05) is 13.0 Å². The van der Waals surface area contributed by atoms with Crippen LogP contribution in [-0.2, 0) is 17.7 Å². The molecule has 1 aromatic carbocycles. The molecule has 30 heavy (non-hydrogen) atoms. The number of pyridine rings is 1. The van der Waals surface area contributed by atoms with Crippen LogP contribution in [0.3, 0.4) is 0 Å². The van der Waals surface area contributed by atoms with Crippen LogP contribution in [0.4, 0.5) is 5.82 Å². The SMILES string of the molecule is Cc1cc(C[C@@H]2CN(Cc3cc4ccccc4nc3N3CCOCC3)C[C@@H]2O)n[nH]1. The van der Waals surface area contributed by atoms with Gasteiger partial charge in [-0.15, -0.1) is 0 Å². The van der Waals surface area contributed by atoms with Gasteiger partial charge in [0, 0.05) is 55.3 Å². The summed E-state index contributed by atoms with van der Waals surface area (Å²) in [6.07, 6.45) is 0.469. The van der Waals surface area contributed by atoms with Gasteiger partial charge in [0.2, 0.25) is 0 Å². The Hall–Kier alpha value is -2.48. The predicted octanol–water partition coefficient (Wildman–Crippen LogP) is 2.14. The van der Waals surface area contributed by atoms with Gasteiger partial charge in [-0.3, -0.25) is 10.00 Å². The van der Waals surface area contributed by atoms with Crippen LogP contribution < -0.4 is 4.90 Å². The number of H-pyrrole nitrogens is 1. The number of rotatable bonds is 5. The number of β-amino-alcohol motifs (C(OH)–C–C–N with tert-alkyl or cyclic N) is 1. The van der Waals surface area contributed by atoms with Gasteiger partial charge in [0.05, 0.1) is 30.5 Å². The maximum atomic E-state index is 10.7. The normalized spacial score (nSPS) is 22.8. The first-order valence-electron chi connectivity index (χ1n) is 10.8. The van der Waals surface area contributed by atoms with E-state index in [0.29, 0.717) is 6.54 Å². The van der Waals surface area contributed by atoms with Gasteiger partial charge < -0.3 is 14.7 Å². The van der Waals surface area contributed by atoms with Crippen molar-refractivity contribution < 1.29 is 9.84 Å². The van der Waals surface area contributed by atoms with Crippen LogP contribution in [-0.4, -0.2) is 70.7 Å². The fourth-order valence-corrected chi connectivity index (χ4v) is 4.67. The number of para-hydroxylation sites is 1. The zero-order chi connectivity index (χ0) is 20.5. The Kier molecular flexibility index (Phi) is 5.41. The maximum absolute atomic E-state index is 10.7. The Labute approximate surface area is 176 Å². The average molecular weight is 408 g/mol. The molecular formula is C23H29N5O2. The highest BCUT2D eigenvalue weighted by molar-refractivity contribution is 5.81. The number of anilines is 1. The Morgan fingerprint density at radius 1 is 1.17 bits per heavy atom. The number of morpholine rings is 1. The number of aromatic amines is 1. The summed E-state index contributed by atoms with van der Waals surface area (Å²) >= 11 is 0. The van der Waals surface area contributed by atoms with E-state index >= 15 is 0 Å². The number of likely N-dealkylation sites (tertiary alicyclic amines) is 1. The number of ether oxygens (including phenoxy) is 1. The minimum atomic E-state index is -0.331. The number of hydrogen-bond donors (Lipinski definition) is 2. The number of fused-ring (bicyclic) bond motifs is 1. The topological polar surface area (TPSA) is 77.5 Å². The molecule has 0 radical (unpaired) electrons. The smallest absolute Gasteiger partial charge is 0.133 e. The summed E-state index contributed by atoms with van der Waals surface area (Å²) in [5, 5.41) is 19.2. The Bertz CT molecular complexity index is 1010. The molecule has 7 nitrogen and oxygen atoms in total. The summed E-state index contributed by atoms with van der Waals surface area (Å²) in [5.41, 5.74) is 4.33. The van der Waals surface area contributed by atoms with Gasteiger partial charge in [-0.2, -0.15) is 5.10 Å². The third-order valence-corrected chi connectivity index (χ3v) is 6.20. The minimum absolute atomic E-state index is 0.202. The van der Waals surface area contributed by atoms with Crippen molar-refractivity contribution in [1.82, 2.24) is 20.1 Å². The van der Waals surface area contributed by atoms with E-state index in [1.54, 1.807) is 0 Å². The van der Waals surface area contributed by atoms with E-state index in [2.05, 4.69) is 50.3 Å². The van der Waals surface area contributed by atoms with Crippen LogP contribution in [0.25, 0.3) is 10.9 Å². The van der Waals surface area contributed by atoms with Gasteiger partial charge in [0.15, 0.2) is 0 Å². The Morgan fingerprint density at radius 2 is 2.00 bits per heavy atom. The van der Waals surface area contributed by atoms with Crippen molar-refractivity contribution in [1.29, 1.82) is 0 Å². The van der Waals surface area contributed by atoms with Crippen LogP contribution in [0.2, 0.25) is 0 Å². The number of aliphatic hydroxyl groups is 1. The first-order valence-corrected chi connectivity index (χ1v) is 10.8. The van der Waals surface area contributed by atoms with Crippen LogP contribution in [0.1, 0.15) is 17.0 Å². The molecule has 158 valence electrons. The van der Waals surface area contributed by atoms with Crippen LogP contribution in [0.15, 0.2) is 36.4 Å². The summed E-state index contributed by atoms with van der Waals surface area (Å²) in [4.78, 5) is 9.70. The maximum Gasteiger partial charge on any atom is 0.133 e. The number of aromatic nitrogens is 3. The zero-order valence-corrected chi connectivity index (χ0v) is 17.4.